The molecular weight excluding hydrogens is 208 g/mol. The third-order valence-electron chi connectivity index (χ3n) is 1.90. The van der Waals surface area contributed by atoms with Gasteiger partial charge in [0.15, 0.2) is 9.84 Å². The molecular formula is C12H14O2S. The van der Waals surface area contributed by atoms with Gasteiger partial charge in [0.1, 0.15) is 0 Å². The number of allylic oxidation sites excluding steroid dienone is 1. The van der Waals surface area contributed by atoms with Crippen molar-refractivity contribution in [2.75, 3.05) is 5.75 Å². The van der Waals surface area contributed by atoms with Gasteiger partial charge in [0, 0.05) is 5.41 Å². The molecule has 2 nitrogen and oxygen atoms in total. The van der Waals surface area contributed by atoms with E-state index in [1.807, 2.05) is 30.3 Å². The van der Waals surface area contributed by atoms with Crippen LogP contribution in [0.15, 0.2) is 48.4 Å². The van der Waals surface area contributed by atoms with Crippen molar-refractivity contribution in [2.24, 2.45) is 0 Å². The molecule has 80 valence electrons. The van der Waals surface area contributed by atoms with Crippen LogP contribution in [0.1, 0.15) is 12.5 Å². The van der Waals surface area contributed by atoms with E-state index in [2.05, 4.69) is 6.58 Å². The highest BCUT2D eigenvalue weighted by atomic mass is 32.2. The lowest BCUT2D eigenvalue weighted by Gasteiger charge is -2.03. The lowest BCUT2D eigenvalue weighted by atomic mass is 10.1. The van der Waals surface area contributed by atoms with Crippen molar-refractivity contribution in [3.05, 3.63) is 54.0 Å². The molecule has 1 aromatic carbocycles. The largest absolute Gasteiger partial charge is 0.224 e. The molecule has 0 N–H and O–H groups in total. The Kier molecular flexibility index (Phi) is 3.86. The van der Waals surface area contributed by atoms with Crippen molar-refractivity contribution in [1.82, 2.24) is 0 Å². The predicted molar refractivity (Wildman–Crippen MR) is 64.1 cm³/mol. The van der Waals surface area contributed by atoms with E-state index in [-0.39, 0.29) is 5.75 Å². The summed E-state index contributed by atoms with van der Waals surface area (Å²) in [5, 5.41) is 1.21. The molecule has 3 heteroatoms. The van der Waals surface area contributed by atoms with Crippen LogP contribution in [-0.4, -0.2) is 14.2 Å². The molecule has 0 aromatic heterocycles. The van der Waals surface area contributed by atoms with Crippen molar-refractivity contribution >= 4 is 15.4 Å². The van der Waals surface area contributed by atoms with Crippen molar-refractivity contribution in [3.8, 4) is 0 Å². The zero-order valence-corrected chi connectivity index (χ0v) is 9.50. The van der Waals surface area contributed by atoms with Crippen LogP contribution in [0.5, 0.6) is 0 Å². The lowest BCUT2D eigenvalue weighted by Crippen LogP contribution is -2.03. The Morgan fingerprint density at radius 3 is 2.47 bits per heavy atom. The quantitative estimate of drug-likeness (QED) is 0.784. The van der Waals surface area contributed by atoms with Gasteiger partial charge in [0.05, 0.1) is 5.75 Å². The lowest BCUT2D eigenvalue weighted by molar-refractivity contribution is 0.607. The molecule has 0 radical (unpaired) electrons. The zero-order chi connectivity index (χ0) is 11.3. The minimum absolute atomic E-state index is 0.0264. The Labute approximate surface area is 90.9 Å². The fourth-order valence-corrected chi connectivity index (χ4v) is 2.42. The van der Waals surface area contributed by atoms with Gasteiger partial charge in [-0.25, -0.2) is 8.42 Å². The van der Waals surface area contributed by atoms with Gasteiger partial charge in [-0.2, -0.15) is 0 Å². The molecule has 1 aromatic rings. The summed E-state index contributed by atoms with van der Waals surface area (Å²) in [5.41, 5.74) is 1.49. The van der Waals surface area contributed by atoms with Crippen LogP contribution in [0.4, 0.5) is 0 Å². The first-order valence-electron chi connectivity index (χ1n) is 4.64. The first-order valence-corrected chi connectivity index (χ1v) is 6.35. The van der Waals surface area contributed by atoms with Gasteiger partial charge in [-0.1, -0.05) is 43.0 Å². The second-order valence-electron chi connectivity index (χ2n) is 3.25. The number of hydrogen-bond acceptors (Lipinski definition) is 2. The van der Waals surface area contributed by atoms with Gasteiger partial charge < -0.3 is 0 Å². The zero-order valence-electron chi connectivity index (χ0n) is 8.68. The van der Waals surface area contributed by atoms with Crippen molar-refractivity contribution in [1.29, 1.82) is 0 Å². The monoisotopic (exact) mass is 222 g/mol. The van der Waals surface area contributed by atoms with Crippen LogP contribution in [-0.2, 0) is 9.84 Å². The van der Waals surface area contributed by atoms with E-state index < -0.39 is 9.84 Å². The topological polar surface area (TPSA) is 34.1 Å². The van der Waals surface area contributed by atoms with Crippen LogP contribution in [0.25, 0.3) is 5.57 Å². The average Bonchev–Trinajstić information content (AvgIpc) is 2.18. The van der Waals surface area contributed by atoms with Crippen LogP contribution >= 0.6 is 0 Å². The minimum atomic E-state index is -3.16. The SMILES string of the molecule is C=C(CS(=O)(=O)/C=C/C)c1ccccc1. The minimum Gasteiger partial charge on any atom is -0.224 e. The summed E-state index contributed by atoms with van der Waals surface area (Å²) in [6.07, 6.45) is 1.52. The van der Waals surface area contributed by atoms with E-state index in [1.54, 1.807) is 6.92 Å². The summed E-state index contributed by atoms with van der Waals surface area (Å²) in [7, 11) is -3.16. The molecule has 0 amide bonds. The van der Waals surface area contributed by atoms with E-state index in [9.17, 15) is 8.42 Å². The molecule has 15 heavy (non-hydrogen) atoms. The third kappa shape index (κ3) is 3.72. The Hall–Kier alpha value is -1.35. The molecule has 0 aliphatic carbocycles. The fourth-order valence-electron chi connectivity index (χ4n) is 1.26. The van der Waals surface area contributed by atoms with Gasteiger partial charge in [0.25, 0.3) is 0 Å². The first-order chi connectivity index (χ1) is 7.05. The van der Waals surface area contributed by atoms with E-state index in [0.717, 1.165) is 5.56 Å². The van der Waals surface area contributed by atoms with Gasteiger partial charge >= 0.3 is 0 Å². The molecule has 0 fully saturated rings. The fraction of sp³-hybridized carbons (Fsp3) is 0.167. The van der Waals surface area contributed by atoms with Gasteiger partial charge in [-0.05, 0) is 18.1 Å². The van der Waals surface area contributed by atoms with Crippen molar-refractivity contribution < 1.29 is 8.42 Å². The highest BCUT2D eigenvalue weighted by Gasteiger charge is 2.09. The van der Waals surface area contributed by atoms with E-state index in [4.69, 9.17) is 0 Å². The van der Waals surface area contributed by atoms with Crippen LogP contribution < -0.4 is 0 Å². The third-order valence-corrected chi connectivity index (χ3v) is 3.34. The molecule has 0 spiro atoms. The molecule has 0 aliphatic heterocycles. The normalized spacial score (nSPS) is 11.8. The van der Waals surface area contributed by atoms with E-state index >= 15 is 0 Å². The van der Waals surface area contributed by atoms with Gasteiger partial charge in [-0.3, -0.25) is 0 Å². The summed E-state index contributed by atoms with van der Waals surface area (Å²) in [6.45, 7) is 5.46. The highest BCUT2D eigenvalue weighted by molar-refractivity contribution is 7.94. The maximum Gasteiger partial charge on any atom is 0.175 e. The molecule has 0 atom stereocenters. The summed E-state index contributed by atoms with van der Waals surface area (Å²) in [6, 6.07) is 9.32. The van der Waals surface area contributed by atoms with Crippen LogP contribution in [0.3, 0.4) is 0 Å². The molecule has 0 saturated heterocycles. The molecule has 0 unspecified atom stereocenters. The standard InChI is InChI=1S/C12H14O2S/c1-3-9-15(13,14)10-11(2)12-7-5-4-6-8-12/h3-9H,2,10H2,1H3/b9-3+. The second kappa shape index (κ2) is 4.94. The first kappa shape index (κ1) is 11.7. The Bertz CT molecular complexity index is 456. The maximum absolute atomic E-state index is 11.5. The maximum atomic E-state index is 11.5. The summed E-state index contributed by atoms with van der Waals surface area (Å²) in [4.78, 5) is 0. The highest BCUT2D eigenvalue weighted by Crippen LogP contribution is 2.14. The molecule has 0 heterocycles. The molecule has 0 bridgehead atoms. The van der Waals surface area contributed by atoms with Gasteiger partial charge in [0.2, 0.25) is 0 Å². The van der Waals surface area contributed by atoms with Crippen molar-refractivity contribution in [3.63, 3.8) is 0 Å². The Morgan fingerprint density at radius 2 is 1.93 bits per heavy atom. The molecule has 0 aliphatic rings. The average molecular weight is 222 g/mol. The smallest absolute Gasteiger partial charge is 0.175 e. The van der Waals surface area contributed by atoms with Crippen LogP contribution in [0, 0.1) is 0 Å². The number of hydrogen-bond donors (Lipinski definition) is 0. The Morgan fingerprint density at radius 1 is 1.33 bits per heavy atom. The van der Waals surface area contributed by atoms with Crippen molar-refractivity contribution in [2.45, 2.75) is 6.92 Å². The predicted octanol–water partition coefficient (Wildman–Crippen LogP) is 2.65. The summed E-state index contributed by atoms with van der Waals surface area (Å²) in [5.74, 6) is -0.0264. The summed E-state index contributed by atoms with van der Waals surface area (Å²) < 4.78 is 22.9. The van der Waals surface area contributed by atoms with E-state index in [0.29, 0.717) is 5.57 Å². The number of benzene rings is 1. The number of rotatable bonds is 4. The van der Waals surface area contributed by atoms with Gasteiger partial charge in [-0.15, -0.1) is 0 Å². The van der Waals surface area contributed by atoms with E-state index in [1.165, 1.54) is 11.5 Å². The second-order valence-corrected chi connectivity index (χ2v) is 5.13. The number of sulfone groups is 1. The summed E-state index contributed by atoms with van der Waals surface area (Å²) >= 11 is 0. The Balaban J connectivity index is 2.82. The van der Waals surface area contributed by atoms with Crippen LogP contribution in [0.2, 0.25) is 0 Å². The molecule has 1 rings (SSSR count). The molecule has 0 saturated carbocycles.